The Morgan fingerprint density at radius 1 is 1.17 bits per heavy atom. The zero-order valence-electron chi connectivity index (χ0n) is 14.2. The summed E-state index contributed by atoms with van der Waals surface area (Å²) in [6, 6.07) is 15.9. The predicted molar refractivity (Wildman–Crippen MR) is 99.4 cm³/mol. The average Bonchev–Trinajstić information content (AvgIpc) is 2.58. The minimum atomic E-state index is 0.119. The van der Waals surface area contributed by atoms with Gasteiger partial charge in [-0.3, -0.25) is 5.41 Å². The molecule has 0 saturated heterocycles. The summed E-state index contributed by atoms with van der Waals surface area (Å²) < 4.78 is 5.40. The van der Waals surface area contributed by atoms with Crippen LogP contribution in [0.2, 0.25) is 5.02 Å². The number of rotatable bonds is 5. The zero-order chi connectivity index (χ0) is 17.2. The number of ether oxygens (including phenoxy) is 1. The highest BCUT2D eigenvalue weighted by Crippen LogP contribution is 2.44. The Morgan fingerprint density at radius 2 is 1.83 bits per heavy atom. The Balaban J connectivity index is 1.81. The highest BCUT2D eigenvalue weighted by atomic mass is 35.5. The maximum Gasteiger partial charge on any atom is 0.131 e. The number of nitrogens with zero attached hydrogens (tertiary/aromatic N) is 1. The van der Waals surface area contributed by atoms with Crippen LogP contribution in [0.25, 0.3) is 0 Å². The van der Waals surface area contributed by atoms with Crippen molar-refractivity contribution in [2.75, 3.05) is 20.7 Å². The molecule has 0 aliphatic heterocycles. The number of para-hydroxylation sites is 1. The predicted octanol–water partition coefficient (Wildman–Crippen LogP) is 4.73. The van der Waals surface area contributed by atoms with E-state index in [1.165, 1.54) is 12.0 Å². The molecule has 4 heteroatoms. The summed E-state index contributed by atoms with van der Waals surface area (Å²) in [7, 11) is 3.64. The molecule has 2 aromatic rings. The van der Waals surface area contributed by atoms with E-state index < -0.39 is 0 Å². The van der Waals surface area contributed by atoms with E-state index in [4.69, 9.17) is 21.7 Å². The first-order valence-corrected chi connectivity index (χ1v) is 8.63. The van der Waals surface area contributed by atoms with Crippen molar-refractivity contribution in [1.82, 2.24) is 4.90 Å². The SMILES string of the molecule is COc1ccccc1C(=N)N(C)CC1(c2ccc(Cl)cc2)CCC1. The quantitative estimate of drug-likeness (QED) is 0.630. The van der Waals surface area contributed by atoms with Gasteiger partial charge in [0.1, 0.15) is 11.6 Å². The van der Waals surface area contributed by atoms with E-state index in [-0.39, 0.29) is 5.41 Å². The first-order chi connectivity index (χ1) is 11.6. The molecule has 1 N–H and O–H groups in total. The molecule has 1 aliphatic rings. The Kier molecular flexibility index (Phi) is 4.81. The van der Waals surface area contributed by atoms with Gasteiger partial charge in [0.2, 0.25) is 0 Å². The molecule has 0 atom stereocenters. The van der Waals surface area contributed by atoms with Gasteiger partial charge >= 0.3 is 0 Å². The van der Waals surface area contributed by atoms with Gasteiger partial charge in [-0.1, -0.05) is 42.3 Å². The second-order valence-electron chi connectivity index (χ2n) is 6.55. The van der Waals surface area contributed by atoms with Gasteiger partial charge in [-0.15, -0.1) is 0 Å². The highest BCUT2D eigenvalue weighted by molar-refractivity contribution is 6.30. The Morgan fingerprint density at radius 3 is 2.42 bits per heavy atom. The standard InChI is InChI=1S/C20H23ClN2O/c1-23(19(22)17-6-3-4-7-18(17)24-2)14-20(12-5-13-20)15-8-10-16(21)11-9-15/h3-4,6-11,22H,5,12-14H2,1-2H3. The van der Waals surface area contributed by atoms with Crippen molar-refractivity contribution in [3.63, 3.8) is 0 Å². The smallest absolute Gasteiger partial charge is 0.131 e. The number of likely N-dealkylation sites (N-methyl/N-ethyl adjacent to an activating group) is 1. The third kappa shape index (κ3) is 3.13. The van der Waals surface area contributed by atoms with Crippen molar-refractivity contribution >= 4 is 17.4 Å². The lowest BCUT2D eigenvalue weighted by atomic mass is 9.64. The molecule has 3 nitrogen and oxygen atoms in total. The van der Waals surface area contributed by atoms with Crippen molar-refractivity contribution in [2.45, 2.75) is 24.7 Å². The van der Waals surface area contributed by atoms with Crippen molar-refractivity contribution in [3.05, 3.63) is 64.7 Å². The molecule has 1 saturated carbocycles. The lowest BCUT2D eigenvalue weighted by Crippen LogP contribution is -2.46. The number of hydrogen-bond acceptors (Lipinski definition) is 2. The van der Waals surface area contributed by atoms with Gasteiger partial charge in [0.15, 0.2) is 0 Å². The van der Waals surface area contributed by atoms with Crippen molar-refractivity contribution in [3.8, 4) is 5.75 Å². The summed E-state index contributed by atoms with van der Waals surface area (Å²) in [5.74, 6) is 1.23. The summed E-state index contributed by atoms with van der Waals surface area (Å²) in [6.45, 7) is 0.825. The molecule has 0 aromatic heterocycles. The minimum absolute atomic E-state index is 0.119. The number of amidine groups is 1. The van der Waals surface area contributed by atoms with E-state index in [0.29, 0.717) is 5.84 Å². The van der Waals surface area contributed by atoms with Crippen LogP contribution in [-0.4, -0.2) is 31.4 Å². The van der Waals surface area contributed by atoms with Gasteiger partial charge in [-0.25, -0.2) is 0 Å². The molecule has 2 aromatic carbocycles. The first-order valence-electron chi connectivity index (χ1n) is 8.25. The second kappa shape index (κ2) is 6.86. The third-order valence-corrected chi connectivity index (χ3v) is 5.30. The van der Waals surface area contributed by atoms with Crippen LogP contribution in [0.5, 0.6) is 5.75 Å². The van der Waals surface area contributed by atoms with Crippen LogP contribution >= 0.6 is 11.6 Å². The lowest BCUT2D eigenvalue weighted by Gasteiger charge is -2.45. The van der Waals surface area contributed by atoms with Crippen LogP contribution in [0.1, 0.15) is 30.4 Å². The second-order valence-corrected chi connectivity index (χ2v) is 6.98. The molecule has 0 spiro atoms. The molecule has 0 amide bonds. The molecule has 24 heavy (non-hydrogen) atoms. The average molecular weight is 343 g/mol. The Hall–Kier alpha value is -2.00. The van der Waals surface area contributed by atoms with Crippen LogP contribution in [0.4, 0.5) is 0 Å². The van der Waals surface area contributed by atoms with Gasteiger partial charge in [0.05, 0.1) is 12.7 Å². The zero-order valence-corrected chi connectivity index (χ0v) is 14.9. The molecule has 1 aliphatic carbocycles. The molecule has 1 fully saturated rings. The minimum Gasteiger partial charge on any atom is -0.496 e. The van der Waals surface area contributed by atoms with Crippen LogP contribution in [-0.2, 0) is 5.41 Å². The van der Waals surface area contributed by atoms with Gasteiger partial charge in [0.25, 0.3) is 0 Å². The van der Waals surface area contributed by atoms with Crippen LogP contribution < -0.4 is 4.74 Å². The van der Waals surface area contributed by atoms with E-state index in [1.807, 2.05) is 48.3 Å². The van der Waals surface area contributed by atoms with Crippen LogP contribution in [0.15, 0.2) is 48.5 Å². The van der Waals surface area contributed by atoms with E-state index in [2.05, 4.69) is 12.1 Å². The molecular formula is C20H23ClN2O. The van der Waals surface area contributed by atoms with Gasteiger partial charge in [-0.2, -0.15) is 0 Å². The summed E-state index contributed by atoms with van der Waals surface area (Å²) in [6.07, 6.45) is 3.54. The summed E-state index contributed by atoms with van der Waals surface area (Å²) in [5.41, 5.74) is 2.26. The van der Waals surface area contributed by atoms with Crippen molar-refractivity contribution in [2.24, 2.45) is 0 Å². The maximum atomic E-state index is 8.58. The molecular weight excluding hydrogens is 320 g/mol. The molecule has 0 heterocycles. The van der Waals surface area contributed by atoms with E-state index >= 15 is 0 Å². The first kappa shape index (κ1) is 16.8. The van der Waals surface area contributed by atoms with E-state index in [0.717, 1.165) is 35.7 Å². The summed E-state index contributed by atoms with van der Waals surface area (Å²) in [5, 5.41) is 9.35. The number of nitrogens with one attached hydrogen (secondary N) is 1. The molecule has 3 rings (SSSR count). The fraction of sp³-hybridized carbons (Fsp3) is 0.350. The molecule has 0 unspecified atom stereocenters. The Labute approximate surface area is 148 Å². The fourth-order valence-corrected chi connectivity index (χ4v) is 3.65. The van der Waals surface area contributed by atoms with Gasteiger partial charge in [0, 0.05) is 24.0 Å². The normalized spacial score (nSPS) is 15.5. The topological polar surface area (TPSA) is 36.3 Å². The summed E-state index contributed by atoms with van der Waals surface area (Å²) >= 11 is 6.03. The number of benzene rings is 2. The number of halogens is 1. The van der Waals surface area contributed by atoms with Crippen molar-refractivity contribution in [1.29, 1.82) is 5.41 Å². The lowest BCUT2D eigenvalue weighted by molar-refractivity contribution is 0.198. The summed E-state index contributed by atoms with van der Waals surface area (Å²) in [4.78, 5) is 2.03. The van der Waals surface area contributed by atoms with Gasteiger partial charge in [-0.05, 0) is 42.7 Å². The van der Waals surface area contributed by atoms with E-state index in [9.17, 15) is 0 Å². The maximum absolute atomic E-state index is 8.58. The highest BCUT2D eigenvalue weighted by Gasteiger charge is 2.40. The van der Waals surface area contributed by atoms with E-state index in [1.54, 1.807) is 7.11 Å². The molecule has 0 bridgehead atoms. The Bertz CT molecular complexity index is 723. The third-order valence-electron chi connectivity index (χ3n) is 5.05. The monoisotopic (exact) mass is 342 g/mol. The van der Waals surface area contributed by atoms with Crippen LogP contribution in [0.3, 0.4) is 0 Å². The van der Waals surface area contributed by atoms with Crippen LogP contribution in [0, 0.1) is 5.41 Å². The van der Waals surface area contributed by atoms with Gasteiger partial charge < -0.3 is 9.64 Å². The number of methoxy groups -OCH3 is 1. The van der Waals surface area contributed by atoms with Crippen molar-refractivity contribution < 1.29 is 4.74 Å². The molecule has 0 radical (unpaired) electrons. The molecule has 126 valence electrons. The largest absolute Gasteiger partial charge is 0.496 e. The number of hydrogen-bond donors (Lipinski definition) is 1. The fourth-order valence-electron chi connectivity index (χ4n) is 3.52.